The van der Waals surface area contributed by atoms with Crippen LogP contribution in [0.15, 0.2) is 12.2 Å². The largest absolute Gasteiger partial charge is 0.410 e. The van der Waals surface area contributed by atoms with E-state index in [-0.39, 0.29) is 18.6 Å². The Morgan fingerprint density at radius 2 is 1.32 bits per heavy atom. The van der Waals surface area contributed by atoms with E-state index in [1.54, 1.807) is 0 Å². The molecule has 2 atom stereocenters. The highest BCUT2D eigenvalue weighted by atomic mass is 28.4. The maximum Gasteiger partial charge on any atom is 0.201 e. The molecule has 0 rings (SSSR count). The number of aliphatic hydroxyl groups is 1. The summed E-state index contributed by atoms with van der Waals surface area (Å²) in [5.41, 5.74) is 2.74. The lowest BCUT2D eigenvalue weighted by Gasteiger charge is -2.44. The molecule has 0 aliphatic heterocycles. The van der Waals surface area contributed by atoms with Crippen LogP contribution in [0.4, 0.5) is 0 Å². The molecule has 0 aromatic heterocycles. The van der Waals surface area contributed by atoms with E-state index in [2.05, 4.69) is 55.0 Å². The molecule has 19 heavy (non-hydrogen) atoms. The summed E-state index contributed by atoms with van der Waals surface area (Å²) in [5.74, 6) is 0.105. The summed E-state index contributed by atoms with van der Waals surface area (Å²) in [6.45, 7) is 22.1. The molecule has 0 saturated carbocycles. The molecule has 0 amide bonds. The molecule has 1 N–H and O–H groups in total. The molecule has 0 radical (unpaired) electrons. The van der Waals surface area contributed by atoms with E-state index in [9.17, 15) is 5.11 Å². The molecular weight excluding hydrogens is 252 g/mol. The van der Waals surface area contributed by atoms with Gasteiger partial charge in [-0.1, -0.05) is 55.0 Å². The van der Waals surface area contributed by atoms with Crippen molar-refractivity contribution >= 4 is 8.32 Å². The van der Waals surface area contributed by atoms with Gasteiger partial charge in [-0.15, -0.1) is 0 Å². The summed E-state index contributed by atoms with van der Waals surface area (Å²) in [5, 5.41) is 9.27. The van der Waals surface area contributed by atoms with Crippen molar-refractivity contribution in [1.29, 1.82) is 0 Å². The zero-order chi connectivity index (χ0) is 15.4. The summed E-state index contributed by atoms with van der Waals surface area (Å²) >= 11 is 0. The van der Waals surface area contributed by atoms with Crippen molar-refractivity contribution in [3.8, 4) is 0 Å². The van der Waals surface area contributed by atoms with Crippen LogP contribution in [0, 0.1) is 5.92 Å². The second kappa shape index (κ2) is 7.60. The zero-order valence-electron chi connectivity index (χ0n) is 14.2. The fraction of sp³-hybridized carbons (Fsp3) is 0.875. The Morgan fingerprint density at radius 1 is 0.947 bits per heavy atom. The highest BCUT2D eigenvalue weighted by Gasteiger charge is 2.46. The van der Waals surface area contributed by atoms with Gasteiger partial charge in [-0.25, -0.2) is 0 Å². The lowest BCUT2D eigenvalue weighted by molar-refractivity contribution is 0.189. The summed E-state index contributed by atoms with van der Waals surface area (Å²) in [4.78, 5) is 0. The molecule has 114 valence electrons. The van der Waals surface area contributed by atoms with Crippen LogP contribution < -0.4 is 0 Å². The molecule has 2 unspecified atom stereocenters. The molecule has 2 nitrogen and oxygen atoms in total. The fourth-order valence-electron chi connectivity index (χ4n) is 3.31. The summed E-state index contributed by atoms with van der Waals surface area (Å²) in [6, 6.07) is 0. The zero-order valence-corrected chi connectivity index (χ0v) is 15.2. The van der Waals surface area contributed by atoms with E-state index in [1.165, 1.54) is 0 Å². The molecule has 0 spiro atoms. The van der Waals surface area contributed by atoms with Crippen molar-refractivity contribution in [1.82, 2.24) is 0 Å². The van der Waals surface area contributed by atoms with Crippen LogP contribution in [-0.4, -0.2) is 26.1 Å². The van der Waals surface area contributed by atoms with Crippen molar-refractivity contribution in [2.45, 2.75) is 78.1 Å². The first kappa shape index (κ1) is 18.9. The van der Waals surface area contributed by atoms with Crippen LogP contribution >= 0.6 is 0 Å². The van der Waals surface area contributed by atoms with E-state index in [0.29, 0.717) is 16.6 Å². The second-order valence-corrected chi connectivity index (χ2v) is 12.1. The Morgan fingerprint density at radius 3 is 1.58 bits per heavy atom. The van der Waals surface area contributed by atoms with Gasteiger partial charge < -0.3 is 9.53 Å². The summed E-state index contributed by atoms with van der Waals surface area (Å²) < 4.78 is 6.64. The highest BCUT2D eigenvalue weighted by molar-refractivity contribution is 6.77. The lowest BCUT2D eigenvalue weighted by atomic mass is 10.00. The van der Waals surface area contributed by atoms with Gasteiger partial charge in [-0.3, -0.25) is 0 Å². The summed E-state index contributed by atoms with van der Waals surface area (Å²) in [6.07, 6.45) is 0.0287. The van der Waals surface area contributed by atoms with Gasteiger partial charge in [-0.05, 0) is 29.1 Å². The van der Waals surface area contributed by atoms with E-state index < -0.39 is 8.32 Å². The fourth-order valence-corrected chi connectivity index (χ4v) is 8.89. The van der Waals surface area contributed by atoms with E-state index in [1.807, 2.05) is 6.92 Å². The van der Waals surface area contributed by atoms with Gasteiger partial charge in [0, 0.05) is 12.5 Å². The van der Waals surface area contributed by atoms with Crippen LogP contribution in [0.5, 0.6) is 0 Å². The topological polar surface area (TPSA) is 29.5 Å². The predicted molar refractivity (Wildman–Crippen MR) is 87.0 cm³/mol. The van der Waals surface area contributed by atoms with Crippen molar-refractivity contribution < 1.29 is 9.53 Å². The Labute approximate surface area is 121 Å². The first-order valence-electron chi connectivity index (χ1n) is 7.58. The van der Waals surface area contributed by atoms with E-state index in [4.69, 9.17) is 4.43 Å². The minimum absolute atomic E-state index is 0.0287. The molecule has 3 heteroatoms. The normalized spacial score (nSPS) is 16.2. The number of hydrogen-bond donors (Lipinski definition) is 1. The van der Waals surface area contributed by atoms with Gasteiger partial charge in [0.05, 0.1) is 6.10 Å². The van der Waals surface area contributed by atoms with Gasteiger partial charge in [-0.2, -0.15) is 0 Å². The predicted octanol–water partition coefficient (Wildman–Crippen LogP) is 4.75. The highest BCUT2D eigenvalue weighted by Crippen LogP contribution is 2.43. The molecule has 0 bridgehead atoms. The Bertz CT molecular complexity index is 263. The van der Waals surface area contributed by atoms with Gasteiger partial charge >= 0.3 is 0 Å². The van der Waals surface area contributed by atoms with E-state index in [0.717, 1.165) is 5.57 Å². The van der Waals surface area contributed by atoms with Crippen LogP contribution in [0.3, 0.4) is 0 Å². The van der Waals surface area contributed by atoms with Crippen LogP contribution in [0.25, 0.3) is 0 Å². The average molecular weight is 287 g/mol. The SMILES string of the molecule is C=C(C(C)CO)C(C)O[Si](C(C)C)(C(C)C)C(C)C. The standard InChI is InChI=1S/C16H34O2Si/c1-11(2)19(12(3)4,13(5)6)18-16(9)15(8)14(7)10-17/h11-14,16-17H,8,10H2,1-7,9H3. The van der Waals surface area contributed by atoms with Crippen LogP contribution in [0.1, 0.15) is 55.4 Å². The monoisotopic (exact) mass is 286 g/mol. The van der Waals surface area contributed by atoms with Gasteiger partial charge in [0.25, 0.3) is 0 Å². The third kappa shape index (κ3) is 4.17. The average Bonchev–Trinajstić information content (AvgIpc) is 2.32. The molecule has 0 heterocycles. The lowest BCUT2D eigenvalue weighted by Crippen LogP contribution is -2.50. The first-order chi connectivity index (χ1) is 8.61. The van der Waals surface area contributed by atoms with Crippen molar-refractivity contribution in [3.05, 3.63) is 12.2 Å². The van der Waals surface area contributed by atoms with Crippen LogP contribution in [-0.2, 0) is 4.43 Å². The van der Waals surface area contributed by atoms with Crippen molar-refractivity contribution in [2.75, 3.05) is 6.61 Å². The quantitative estimate of drug-likeness (QED) is 0.515. The minimum Gasteiger partial charge on any atom is -0.410 e. The van der Waals surface area contributed by atoms with Crippen LogP contribution in [0.2, 0.25) is 16.6 Å². The van der Waals surface area contributed by atoms with Gasteiger partial charge in [0.15, 0.2) is 0 Å². The molecule has 0 aromatic carbocycles. The van der Waals surface area contributed by atoms with Crippen molar-refractivity contribution in [2.24, 2.45) is 5.92 Å². The smallest absolute Gasteiger partial charge is 0.201 e. The molecule has 0 saturated heterocycles. The molecule has 0 aliphatic rings. The summed E-state index contributed by atoms with van der Waals surface area (Å²) in [7, 11) is -1.85. The molecular formula is C16H34O2Si. The maximum absolute atomic E-state index is 9.27. The molecule has 0 fully saturated rings. The number of rotatable bonds is 8. The third-order valence-corrected chi connectivity index (χ3v) is 10.7. The Hall–Kier alpha value is -0.123. The van der Waals surface area contributed by atoms with Crippen molar-refractivity contribution in [3.63, 3.8) is 0 Å². The van der Waals surface area contributed by atoms with Gasteiger partial charge in [0.1, 0.15) is 0 Å². The minimum atomic E-state index is -1.85. The van der Waals surface area contributed by atoms with E-state index >= 15 is 0 Å². The number of hydrogen-bond acceptors (Lipinski definition) is 2. The molecule has 0 aliphatic carbocycles. The molecule has 0 aromatic rings. The van der Waals surface area contributed by atoms with Gasteiger partial charge in [0.2, 0.25) is 8.32 Å². The first-order valence-corrected chi connectivity index (χ1v) is 9.72. The Balaban J connectivity index is 5.18. The number of aliphatic hydroxyl groups excluding tert-OH is 1. The second-order valence-electron chi connectivity index (χ2n) is 6.74. The Kier molecular flexibility index (Phi) is 7.55. The maximum atomic E-state index is 9.27. The third-order valence-electron chi connectivity index (χ3n) is 4.52.